The van der Waals surface area contributed by atoms with E-state index in [0.717, 1.165) is 77.4 Å². The highest BCUT2D eigenvalue weighted by Crippen LogP contribution is 2.41. The molecule has 0 radical (unpaired) electrons. The van der Waals surface area contributed by atoms with E-state index < -0.39 is 0 Å². The van der Waals surface area contributed by atoms with Gasteiger partial charge in [0.15, 0.2) is 17.5 Å². The molecule has 0 bridgehead atoms. The van der Waals surface area contributed by atoms with Gasteiger partial charge < -0.3 is 13.4 Å². The summed E-state index contributed by atoms with van der Waals surface area (Å²) >= 11 is 0. The van der Waals surface area contributed by atoms with Crippen LogP contribution < -0.4 is 0 Å². The maximum absolute atomic E-state index is 6.55. The quantitative estimate of drug-likeness (QED) is 0.176. The second-order valence-corrected chi connectivity index (χ2v) is 14.4. The van der Waals surface area contributed by atoms with Crippen LogP contribution in [0, 0.1) is 0 Å². The first-order valence-corrected chi connectivity index (χ1v) is 19.0. The zero-order valence-corrected chi connectivity index (χ0v) is 30.4. The van der Waals surface area contributed by atoms with Crippen molar-refractivity contribution < 1.29 is 8.83 Å². The average Bonchev–Trinajstić information content (AvgIpc) is 3.95. The third-order valence-corrected chi connectivity index (χ3v) is 11.1. The van der Waals surface area contributed by atoms with Gasteiger partial charge in [0.1, 0.15) is 22.3 Å². The van der Waals surface area contributed by atoms with E-state index in [-0.39, 0.29) is 0 Å². The summed E-state index contributed by atoms with van der Waals surface area (Å²) in [5.41, 5.74) is 11.6. The topological polar surface area (TPSA) is 69.9 Å². The minimum Gasteiger partial charge on any atom is -0.456 e. The Hall–Kier alpha value is -7.83. The van der Waals surface area contributed by atoms with Gasteiger partial charge in [-0.3, -0.25) is 0 Å². The van der Waals surface area contributed by atoms with Crippen LogP contribution in [0.5, 0.6) is 0 Å². The van der Waals surface area contributed by atoms with Crippen LogP contribution >= 0.6 is 0 Å². The number of benzene rings is 8. The molecule has 6 heteroatoms. The Kier molecular flexibility index (Phi) is 6.83. The van der Waals surface area contributed by atoms with Crippen LogP contribution in [0.25, 0.3) is 117 Å². The molecule has 0 atom stereocenters. The van der Waals surface area contributed by atoms with Gasteiger partial charge in [-0.25, -0.2) is 15.0 Å². The second-order valence-electron chi connectivity index (χ2n) is 14.4. The van der Waals surface area contributed by atoms with E-state index in [2.05, 4.69) is 108 Å². The van der Waals surface area contributed by atoms with Gasteiger partial charge in [-0.15, -0.1) is 0 Å². The van der Waals surface area contributed by atoms with Crippen LogP contribution in [0.3, 0.4) is 0 Å². The standard InChI is InChI=1S/C51H30N4O2/c1-3-12-31(13-4-1)49-52-50(32-14-5-2-6-15-32)54-51(53-49)34-23-26-40-47(29-34)57-45-21-11-18-36(48(40)45)33-22-25-39-41-30-35(24-27-44(41)56-46(39)28-33)55-42-19-9-7-16-37(42)38-17-8-10-20-43(38)55/h1-30H. The summed E-state index contributed by atoms with van der Waals surface area (Å²) < 4.78 is 15.4. The molecule has 0 saturated carbocycles. The molecule has 0 aliphatic carbocycles. The lowest BCUT2D eigenvalue weighted by Crippen LogP contribution is -2.00. The number of aromatic nitrogens is 4. The average molecular weight is 731 g/mol. The molecule has 0 N–H and O–H groups in total. The highest BCUT2D eigenvalue weighted by Gasteiger charge is 2.19. The number of furan rings is 2. The molecule has 0 saturated heterocycles. The van der Waals surface area contributed by atoms with Crippen molar-refractivity contribution in [3.05, 3.63) is 182 Å². The largest absolute Gasteiger partial charge is 0.456 e. The van der Waals surface area contributed by atoms with Gasteiger partial charge in [0.05, 0.1) is 11.0 Å². The van der Waals surface area contributed by atoms with Crippen LogP contribution in [0.15, 0.2) is 191 Å². The molecule has 12 rings (SSSR count). The number of fused-ring (bicyclic) bond motifs is 9. The molecular weight excluding hydrogens is 701 g/mol. The summed E-state index contributed by atoms with van der Waals surface area (Å²) in [4.78, 5) is 14.7. The van der Waals surface area contributed by atoms with Crippen molar-refractivity contribution in [1.82, 2.24) is 19.5 Å². The van der Waals surface area contributed by atoms with E-state index in [4.69, 9.17) is 23.8 Å². The van der Waals surface area contributed by atoms with Gasteiger partial charge in [-0.05, 0) is 71.8 Å². The van der Waals surface area contributed by atoms with Crippen LogP contribution in [0.1, 0.15) is 0 Å². The summed E-state index contributed by atoms with van der Waals surface area (Å²) in [6, 6.07) is 62.7. The highest BCUT2D eigenvalue weighted by molar-refractivity contribution is 6.15. The van der Waals surface area contributed by atoms with E-state index >= 15 is 0 Å². The van der Waals surface area contributed by atoms with Crippen molar-refractivity contribution in [2.24, 2.45) is 0 Å². The lowest BCUT2D eigenvalue weighted by molar-refractivity contribution is 0.668. The normalized spacial score (nSPS) is 11.9. The van der Waals surface area contributed by atoms with Crippen molar-refractivity contribution in [1.29, 1.82) is 0 Å². The third-order valence-electron chi connectivity index (χ3n) is 11.1. The molecule has 57 heavy (non-hydrogen) atoms. The molecule has 6 nitrogen and oxygen atoms in total. The van der Waals surface area contributed by atoms with E-state index in [9.17, 15) is 0 Å². The predicted octanol–water partition coefficient (Wildman–Crippen LogP) is 13.4. The maximum Gasteiger partial charge on any atom is 0.164 e. The van der Waals surface area contributed by atoms with Crippen LogP contribution in [0.2, 0.25) is 0 Å². The zero-order valence-electron chi connectivity index (χ0n) is 30.4. The summed E-state index contributed by atoms with van der Waals surface area (Å²) in [5.74, 6) is 1.83. The van der Waals surface area contributed by atoms with Gasteiger partial charge in [0.25, 0.3) is 0 Å². The minimum atomic E-state index is 0.585. The molecule has 4 heterocycles. The second kappa shape index (κ2) is 12.3. The maximum atomic E-state index is 6.55. The molecule has 0 spiro atoms. The van der Waals surface area contributed by atoms with Gasteiger partial charge in [-0.2, -0.15) is 0 Å². The zero-order chi connectivity index (χ0) is 37.5. The van der Waals surface area contributed by atoms with E-state index in [1.807, 2.05) is 78.9 Å². The molecule has 8 aromatic carbocycles. The molecule has 266 valence electrons. The fourth-order valence-corrected chi connectivity index (χ4v) is 8.42. The number of hydrogen-bond donors (Lipinski definition) is 0. The number of rotatable bonds is 5. The van der Waals surface area contributed by atoms with Crippen molar-refractivity contribution >= 4 is 65.7 Å². The van der Waals surface area contributed by atoms with Crippen LogP contribution in [-0.4, -0.2) is 19.5 Å². The van der Waals surface area contributed by atoms with Gasteiger partial charge in [0, 0.05) is 54.7 Å². The Morgan fingerprint density at radius 3 is 1.60 bits per heavy atom. The summed E-state index contributed by atoms with van der Waals surface area (Å²) in [6.45, 7) is 0. The monoisotopic (exact) mass is 730 g/mol. The van der Waals surface area contributed by atoms with Gasteiger partial charge in [-0.1, -0.05) is 121 Å². The lowest BCUT2D eigenvalue weighted by atomic mass is 9.98. The number of hydrogen-bond acceptors (Lipinski definition) is 5. The summed E-state index contributed by atoms with van der Waals surface area (Å²) in [7, 11) is 0. The van der Waals surface area contributed by atoms with E-state index in [1.165, 1.54) is 21.8 Å². The third kappa shape index (κ3) is 5.01. The Labute approximate surface area is 325 Å². The van der Waals surface area contributed by atoms with Gasteiger partial charge in [0.2, 0.25) is 0 Å². The molecule has 4 aromatic heterocycles. The molecule has 12 aromatic rings. The molecular formula is C51H30N4O2. The number of nitrogens with zero attached hydrogens (tertiary/aromatic N) is 4. The minimum absolute atomic E-state index is 0.585. The summed E-state index contributed by atoms with van der Waals surface area (Å²) in [6.07, 6.45) is 0. The predicted molar refractivity (Wildman–Crippen MR) is 230 cm³/mol. The van der Waals surface area contributed by atoms with Crippen LogP contribution in [-0.2, 0) is 0 Å². The Morgan fingerprint density at radius 1 is 0.333 bits per heavy atom. The fourth-order valence-electron chi connectivity index (χ4n) is 8.42. The first-order valence-electron chi connectivity index (χ1n) is 19.0. The van der Waals surface area contributed by atoms with Crippen molar-refractivity contribution in [2.75, 3.05) is 0 Å². The molecule has 0 unspecified atom stereocenters. The lowest BCUT2D eigenvalue weighted by Gasteiger charge is -2.08. The molecule has 0 aliphatic heterocycles. The fraction of sp³-hybridized carbons (Fsp3) is 0. The van der Waals surface area contributed by atoms with Gasteiger partial charge >= 0.3 is 0 Å². The Bertz CT molecular complexity index is 3410. The highest BCUT2D eigenvalue weighted by atomic mass is 16.3. The number of para-hydroxylation sites is 2. The molecule has 0 amide bonds. The van der Waals surface area contributed by atoms with Crippen molar-refractivity contribution in [2.45, 2.75) is 0 Å². The first-order chi connectivity index (χ1) is 28.2. The Morgan fingerprint density at radius 2 is 0.895 bits per heavy atom. The molecule has 0 fully saturated rings. The van der Waals surface area contributed by atoms with Crippen LogP contribution in [0.4, 0.5) is 0 Å². The smallest absolute Gasteiger partial charge is 0.164 e. The first kappa shape index (κ1) is 31.5. The van der Waals surface area contributed by atoms with Crippen molar-refractivity contribution in [3.63, 3.8) is 0 Å². The SMILES string of the molecule is c1ccc(-c2nc(-c3ccccc3)nc(-c3ccc4c(c3)oc3cccc(-c5ccc6c(c5)oc5ccc(-n7c8ccccc8c8ccccc87)cc56)c34)n2)cc1. The van der Waals surface area contributed by atoms with Crippen molar-refractivity contribution in [3.8, 4) is 51.0 Å². The van der Waals surface area contributed by atoms with E-state index in [1.54, 1.807) is 0 Å². The molecule has 0 aliphatic rings. The summed E-state index contributed by atoms with van der Waals surface area (Å²) in [5, 5.41) is 6.71. The Balaban J connectivity index is 0.961. The van der Waals surface area contributed by atoms with E-state index in [0.29, 0.717) is 17.5 Å².